The molecule has 0 saturated heterocycles. The van der Waals surface area contributed by atoms with E-state index in [0.717, 1.165) is 0 Å². The Bertz CT molecular complexity index is 103. The molecule has 0 N–H and O–H groups in total. The molecule has 0 saturated carbocycles. The molecule has 0 rings (SSSR count). The van der Waals surface area contributed by atoms with Crippen molar-refractivity contribution in [3.05, 3.63) is 0 Å². The Kier molecular flexibility index (Phi) is 5.10. The van der Waals surface area contributed by atoms with Crippen molar-refractivity contribution in [2.24, 2.45) is 0 Å². The first kappa shape index (κ1) is 12.3. The van der Waals surface area contributed by atoms with E-state index in [0.29, 0.717) is 0 Å². The van der Waals surface area contributed by atoms with Gasteiger partial charge in [0.15, 0.2) is 0 Å². The van der Waals surface area contributed by atoms with Crippen LogP contribution in [-0.4, -0.2) is 26.0 Å². The number of rotatable bonds is 4. The maximum absolute atomic E-state index is 2.66. The predicted molar refractivity (Wildman–Crippen MR) is 60.5 cm³/mol. The molecule has 0 radical (unpaired) electrons. The van der Waals surface area contributed by atoms with Crippen molar-refractivity contribution in [3.8, 4) is 0 Å². The molecule has 0 unspecified atom stereocenters. The van der Waals surface area contributed by atoms with Crippen molar-refractivity contribution in [3.63, 3.8) is 0 Å². The van der Waals surface area contributed by atoms with Crippen LogP contribution in [0.1, 0.15) is 20.8 Å². The molecule has 0 aromatic heterocycles. The first-order valence-electron chi connectivity index (χ1n) is 4.93. The average molecular weight is 324 g/mol. The molecule has 0 aliphatic heterocycles. The first-order valence-corrected chi connectivity index (χ1v) is 26.4. The summed E-state index contributed by atoms with van der Waals surface area (Å²) in [5.41, 5.74) is 0. The van der Waals surface area contributed by atoms with Gasteiger partial charge in [-0.15, -0.1) is 0 Å². The summed E-state index contributed by atoms with van der Waals surface area (Å²) in [6.45, 7) is 7.36. The van der Waals surface area contributed by atoms with Crippen LogP contribution in [0, 0.1) is 0 Å². The van der Waals surface area contributed by atoms with Crippen LogP contribution in [0.4, 0.5) is 0 Å². The fraction of sp³-hybridized carbons (Fsp3) is 1.00. The van der Waals surface area contributed by atoms with Gasteiger partial charge in [0.25, 0.3) is 0 Å². The monoisotopic (exact) mass is 326 g/mol. The molecule has 0 aliphatic rings. The molecule has 0 spiro atoms. The molecule has 0 aromatic rings. The third kappa shape index (κ3) is 2.65. The first-order chi connectivity index (χ1) is 4.93. The van der Waals surface area contributed by atoms with Gasteiger partial charge in [-0.05, 0) is 0 Å². The molecule has 0 aromatic carbocycles. The molecule has 0 bridgehead atoms. The zero-order chi connectivity index (χ0) is 9.12. The zero-order valence-electron chi connectivity index (χ0n) is 9.12. The van der Waals surface area contributed by atoms with Crippen molar-refractivity contribution in [2.75, 3.05) is 0 Å². The fourth-order valence-corrected chi connectivity index (χ4v) is 59.4. The van der Waals surface area contributed by atoms with Crippen LogP contribution < -0.4 is 0 Å². The second kappa shape index (κ2) is 4.54. The van der Waals surface area contributed by atoms with Gasteiger partial charge in [-0.25, -0.2) is 0 Å². The quantitative estimate of drug-likeness (QED) is 0.688. The zero-order valence-corrected chi connectivity index (χ0v) is 14.1. The van der Waals surface area contributed by atoms with Crippen LogP contribution in [0.2, 0.25) is 30.6 Å². The van der Waals surface area contributed by atoms with E-state index in [2.05, 4.69) is 35.6 Å². The van der Waals surface area contributed by atoms with E-state index in [9.17, 15) is 0 Å². The van der Waals surface area contributed by atoms with Crippen molar-refractivity contribution < 1.29 is 0 Å². The van der Waals surface area contributed by atoms with Crippen LogP contribution in [0.25, 0.3) is 0 Å². The number of hydrogen-bond donors (Lipinski definition) is 0. The summed E-state index contributed by atoms with van der Waals surface area (Å²) in [6, 6.07) is 0. The normalized spacial score (nSPS) is 13.6. The molecule has 2 heteroatoms. The Hall–Kier alpha value is 1.34. The molecule has 0 heterocycles. The standard InChI is InChI=1S/C6H15Ge.3CH3.Sn/c1-4-7(5-2)6-3;;;;/h4-6H2,1-3H3;3*1H3;. The van der Waals surface area contributed by atoms with Gasteiger partial charge in [0.2, 0.25) is 0 Å². The van der Waals surface area contributed by atoms with Crippen LogP contribution in [0.15, 0.2) is 0 Å². The summed E-state index contributed by atoms with van der Waals surface area (Å²) in [7, 11) is -1.23. The van der Waals surface area contributed by atoms with E-state index in [1.54, 1.807) is 15.8 Å². The van der Waals surface area contributed by atoms with Crippen LogP contribution >= 0.6 is 0 Å². The summed E-state index contributed by atoms with van der Waals surface area (Å²) in [6.07, 6.45) is 0. The molecule has 0 nitrogen and oxygen atoms in total. The average Bonchev–Trinajstić information content (AvgIpc) is 1.90. The van der Waals surface area contributed by atoms with E-state index in [1.807, 2.05) is 0 Å². The van der Waals surface area contributed by atoms with Crippen molar-refractivity contribution in [2.45, 2.75) is 51.4 Å². The SMILES string of the molecule is C[CH2][Ge]([CH2]C)([CH2]C)[Sn]([CH3])([CH3])[CH3]. The maximum atomic E-state index is 2.66. The van der Waals surface area contributed by atoms with Gasteiger partial charge in [0.05, 0.1) is 0 Å². The van der Waals surface area contributed by atoms with Gasteiger partial charge in [-0.2, -0.15) is 0 Å². The van der Waals surface area contributed by atoms with E-state index in [4.69, 9.17) is 0 Å². The van der Waals surface area contributed by atoms with Gasteiger partial charge in [-0.1, -0.05) is 0 Å². The molecule has 0 amide bonds. The van der Waals surface area contributed by atoms with E-state index >= 15 is 0 Å². The second-order valence-corrected chi connectivity index (χ2v) is 64.1. The summed E-state index contributed by atoms with van der Waals surface area (Å²) in [5, 5.41) is 4.77. The van der Waals surface area contributed by atoms with Gasteiger partial charge in [0, 0.05) is 0 Å². The molecule has 68 valence electrons. The molecule has 0 atom stereocenters. The summed E-state index contributed by atoms with van der Waals surface area (Å²) in [5.74, 6) is 0. The third-order valence-corrected chi connectivity index (χ3v) is 81.7. The third-order valence-electron chi connectivity index (χ3n) is 3.62. The Balaban J connectivity index is 4.54. The van der Waals surface area contributed by atoms with E-state index in [1.165, 1.54) is 0 Å². The molecular formula is C9H24GeSn. The Morgan fingerprint density at radius 2 is 1.09 bits per heavy atom. The minimum absolute atomic E-state index is 1.23. The van der Waals surface area contributed by atoms with Gasteiger partial charge >= 0.3 is 77.3 Å². The van der Waals surface area contributed by atoms with Crippen LogP contribution in [0.3, 0.4) is 0 Å². The van der Waals surface area contributed by atoms with Crippen molar-refractivity contribution in [1.29, 1.82) is 0 Å². The van der Waals surface area contributed by atoms with Crippen LogP contribution in [0.5, 0.6) is 0 Å². The Morgan fingerprint density at radius 1 is 0.818 bits per heavy atom. The molecule has 11 heavy (non-hydrogen) atoms. The summed E-state index contributed by atoms with van der Waals surface area (Å²) < 4.78 is 0. The van der Waals surface area contributed by atoms with Crippen molar-refractivity contribution in [1.82, 2.24) is 0 Å². The summed E-state index contributed by atoms with van der Waals surface area (Å²) >= 11 is -1.47. The molecule has 0 fully saturated rings. The minimum atomic E-state index is -1.47. The Labute approximate surface area is 76.9 Å². The van der Waals surface area contributed by atoms with Gasteiger partial charge < -0.3 is 0 Å². The Morgan fingerprint density at radius 3 is 1.09 bits per heavy atom. The second-order valence-electron chi connectivity index (χ2n) is 4.59. The van der Waals surface area contributed by atoms with Crippen molar-refractivity contribution >= 4 is 26.0 Å². The van der Waals surface area contributed by atoms with Gasteiger partial charge in [-0.3, -0.25) is 0 Å². The predicted octanol–water partition coefficient (Wildman–Crippen LogP) is 3.91. The van der Waals surface area contributed by atoms with Crippen LogP contribution in [-0.2, 0) is 0 Å². The van der Waals surface area contributed by atoms with E-state index < -0.39 is 26.0 Å². The molecule has 0 aliphatic carbocycles. The number of hydrogen-bond acceptors (Lipinski definition) is 0. The summed E-state index contributed by atoms with van der Waals surface area (Å²) in [4.78, 5) is 7.97. The van der Waals surface area contributed by atoms with Gasteiger partial charge in [0.1, 0.15) is 0 Å². The fourth-order valence-electron chi connectivity index (χ4n) is 2.34. The topological polar surface area (TPSA) is 0 Å². The molecular weight excluding hydrogens is 299 g/mol. The van der Waals surface area contributed by atoms with E-state index in [-0.39, 0.29) is 0 Å².